The molecule has 2 atom stereocenters. The van der Waals surface area contributed by atoms with Crippen LogP contribution in [-0.2, 0) is 14.3 Å². The number of amides is 1. The highest BCUT2D eigenvalue weighted by Crippen LogP contribution is 2.12. The predicted octanol–water partition coefficient (Wildman–Crippen LogP) is -0.977. The van der Waals surface area contributed by atoms with E-state index in [1.165, 1.54) is 0 Å². The zero-order chi connectivity index (χ0) is 10.0. The number of alkyl carbamates (subject to hydrolysis) is 1. The molecule has 7 nitrogen and oxygen atoms in total. The van der Waals surface area contributed by atoms with Gasteiger partial charge in [0.15, 0.2) is 6.04 Å². The summed E-state index contributed by atoms with van der Waals surface area (Å²) in [5, 5.41) is 18.9. The highest BCUT2D eigenvalue weighted by atomic mass is 16.6. The molecule has 0 aromatic carbocycles. The lowest BCUT2D eigenvalue weighted by molar-refractivity contribution is -0.142. The highest BCUT2D eigenvalue weighted by molar-refractivity contribution is 5.85. The number of ether oxygens (including phenoxy) is 1. The van der Waals surface area contributed by atoms with Gasteiger partial charge in [0.2, 0.25) is 0 Å². The minimum absolute atomic E-state index is 0.518. The lowest BCUT2D eigenvalue weighted by atomic mass is 10.1. The maximum atomic E-state index is 10.6. The number of hydrogen-bond acceptors (Lipinski definition) is 4. The van der Waals surface area contributed by atoms with Crippen LogP contribution in [0.15, 0.2) is 0 Å². The van der Waals surface area contributed by atoms with E-state index in [1.807, 2.05) is 5.32 Å². The van der Waals surface area contributed by atoms with Crippen LogP contribution in [0, 0.1) is 0 Å². The predicted molar refractivity (Wildman–Crippen MR) is 37.1 cm³/mol. The first-order chi connectivity index (χ1) is 6.00. The second-order valence-electron chi connectivity index (χ2n) is 2.50. The maximum Gasteiger partial charge on any atom is 0.408 e. The van der Waals surface area contributed by atoms with Gasteiger partial charge in [-0.05, 0) is 0 Å². The van der Waals surface area contributed by atoms with Gasteiger partial charge >= 0.3 is 18.0 Å². The monoisotopic (exact) mass is 189 g/mol. The first-order valence-corrected chi connectivity index (χ1v) is 3.42. The van der Waals surface area contributed by atoms with Crippen molar-refractivity contribution in [3.05, 3.63) is 0 Å². The molecule has 0 bridgehead atoms. The molecule has 0 saturated carbocycles. The van der Waals surface area contributed by atoms with E-state index in [0.29, 0.717) is 0 Å². The van der Waals surface area contributed by atoms with Crippen LogP contribution in [0.2, 0.25) is 0 Å². The summed E-state index contributed by atoms with van der Waals surface area (Å²) in [6, 6.07) is -1.27. The number of carboxylic acid groups (broad SMARTS) is 2. The van der Waals surface area contributed by atoms with E-state index in [2.05, 4.69) is 4.74 Å². The van der Waals surface area contributed by atoms with Crippen molar-refractivity contribution in [2.75, 3.05) is 0 Å². The third kappa shape index (κ3) is 2.08. The standard InChI is InChI=1S/C6H7NO6/c8-3(9)1-2-4(5(10)11)7-6(12)13-2/h2,4H,1H2,(H,7,12)(H,8,9)(H,10,11)/t2-,4+/m0/s1. The summed E-state index contributed by atoms with van der Waals surface area (Å²) in [5.74, 6) is -2.52. The Bertz CT molecular complexity index is 262. The van der Waals surface area contributed by atoms with Gasteiger partial charge in [-0.1, -0.05) is 0 Å². The average Bonchev–Trinajstić information content (AvgIpc) is 2.29. The van der Waals surface area contributed by atoms with Gasteiger partial charge in [-0.2, -0.15) is 0 Å². The van der Waals surface area contributed by atoms with E-state index in [-0.39, 0.29) is 0 Å². The fourth-order valence-corrected chi connectivity index (χ4v) is 1.01. The van der Waals surface area contributed by atoms with Crippen molar-refractivity contribution >= 4 is 18.0 Å². The Morgan fingerprint density at radius 2 is 2.08 bits per heavy atom. The lowest BCUT2D eigenvalue weighted by Gasteiger charge is -2.09. The van der Waals surface area contributed by atoms with Gasteiger partial charge in [-0.25, -0.2) is 9.59 Å². The number of aliphatic carboxylic acids is 2. The molecule has 0 unspecified atom stereocenters. The van der Waals surface area contributed by atoms with E-state index in [0.717, 1.165) is 0 Å². The van der Waals surface area contributed by atoms with Crippen LogP contribution < -0.4 is 5.32 Å². The summed E-state index contributed by atoms with van der Waals surface area (Å²) >= 11 is 0. The Morgan fingerprint density at radius 1 is 1.46 bits per heavy atom. The Balaban J connectivity index is 2.66. The van der Waals surface area contributed by atoms with Crippen LogP contribution in [0.1, 0.15) is 6.42 Å². The number of carbonyl (C=O) groups excluding carboxylic acids is 1. The van der Waals surface area contributed by atoms with Crippen molar-refractivity contribution in [3.63, 3.8) is 0 Å². The van der Waals surface area contributed by atoms with Crippen LogP contribution in [0.3, 0.4) is 0 Å². The topological polar surface area (TPSA) is 113 Å². The molecule has 1 amide bonds. The quantitative estimate of drug-likeness (QED) is 0.526. The van der Waals surface area contributed by atoms with Crippen molar-refractivity contribution < 1.29 is 29.3 Å². The third-order valence-corrected chi connectivity index (χ3v) is 1.55. The lowest BCUT2D eigenvalue weighted by Crippen LogP contribution is -2.40. The molecule has 1 aliphatic heterocycles. The summed E-state index contributed by atoms with van der Waals surface area (Å²) < 4.78 is 4.43. The molecule has 1 rings (SSSR count). The Morgan fingerprint density at radius 3 is 2.54 bits per heavy atom. The largest absolute Gasteiger partial charge is 0.481 e. The molecule has 0 aromatic heterocycles. The van der Waals surface area contributed by atoms with E-state index in [1.54, 1.807) is 0 Å². The molecule has 1 fully saturated rings. The molecule has 13 heavy (non-hydrogen) atoms. The summed E-state index contributed by atoms with van der Waals surface area (Å²) in [4.78, 5) is 31.2. The first kappa shape index (κ1) is 9.30. The number of carbonyl (C=O) groups is 3. The first-order valence-electron chi connectivity index (χ1n) is 3.42. The number of rotatable bonds is 3. The minimum Gasteiger partial charge on any atom is -0.481 e. The van der Waals surface area contributed by atoms with Gasteiger partial charge in [0.05, 0.1) is 6.42 Å². The van der Waals surface area contributed by atoms with E-state index in [4.69, 9.17) is 10.2 Å². The van der Waals surface area contributed by atoms with Gasteiger partial charge in [0.25, 0.3) is 0 Å². The zero-order valence-electron chi connectivity index (χ0n) is 6.39. The van der Waals surface area contributed by atoms with E-state index < -0.39 is 36.6 Å². The van der Waals surface area contributed by atoms with Crippen LogP contribution >= 0.6 is 0 Å². The Hall–Kier alpha value is -1.79. The summed E-state index contributed by atoms with van der Waals surface area (Å²) in [6.45, 7) is 0. The molecule has 1 aliphatic rings. The highest BCUT2D eigenvalue weighted by Gasteiger charge is 2.40. The molecule has 3 N–H and O–H groups in total. The number of cyclic esters (lactones) is 1. The van der Waals surface area contributed by atoms with Crippen LogP contribution in [0.4, 0.5) is 4.79 Å². The molecule has 72 valence electrons. The Labute approximate surface area is 72.3 Å². The van der Waals surface area contributed by atoms with Crippen molar-refractivity contribution in [1.29, 1.82) is 0 Å². The van der Waals surface area contributed by atoms with Crippen molar-refractivity contribution in [1.82, 2.24) is 5.32 Å². The fourth-order valence-electron chi connectivity index (χ4n) is 1.01. The number of nitrogens with one attached hydrogen (secondary N) is 1. The van der Waals surface area contributed by atoms with Crippen molar-refractivity contribution in [3.8, 4) is 0 Å². The molecule has 0 spiro atoms. The molecule has 0 aromatic rings. The van der Waals surface area contributed by atoms with E-state index >= 15 is 0 Å². The molecule has 1 heterocycles. The average molecular weight is 189 g/mol. The molecular weight excluding hydrogens is 182 g/mol. The molecule has 0 aliphatic carbocycles. The zero-order valence-corrected chi connectivity index (χ0v) is 6.39. The SMILES string of the molecule is O=C(O)C[C@@H]1OC(=O)N[C@H]1C(=O)O. The second-order valence-corrected chi connectivity index (χ2v) is 2.50. The van der Waals surface area contributed by atoms with Gasteiger partial charge in [0.1, 0.15) is 6.10 Å². The number of carboxylic acids is 2. The van der Waals surface area contributed by atoms with E-state index in [9.17, 15) is 14.4 Å². The van der Waals surface area contributed by atoms with Gasteiger partial charge in [0, 0.05) is 0 Å². The number of hydrogen-bond donors (Lipinski definition) is 3. The second kappa shape index (κ2) is 3.30. The third-order valence-electron chi connectivity index (χ3n) is 1.55. The van der Waals surface area contributed by atoms with Crippen LogP contribution in [0.5, 0.6) is 0 Å². The summed E-state index contributed by atoms with van der Waals surface area (Å²) in [5.41, 5.74) is 0. The van der Waals surface area contributed by atoms with Crippen LogP contribution in [0.25, 0.3) is 0 Å². The van der Waals surface area contributed by atoms with Crippen molar-refractivity contribution in [2.45, 2.75) is 18.6 Å². The minimum atomic E-state index is -1.31. The molecule has 7 heteroatoms. The molecule has 0 radical (unpaired) electrons. The fraction of sp³-hybridized carbons (Fsp3) is 0.500. The maximum absolute atomic E-state index is 10.6. The van der Waals surface area contributed by atoms with Crippen LogP contribution in [-0.4, -0.2) is 40.4 Å². The molecular formula is C6H7NO6. The summed E-state index contributed by atoms with van der Waals surface area (Å²) in [6.07, 6.45) is -2.56. The van der Waals surface area contributed by atoms with Gasteiger partial charge in [-0.15, -0.1) is 0 Å². The van der Waals surface area contributed by atoms with Gasteiger partial charge in [-0.3, -0.25) is 4.79 Å². The molecule has 1 saturated heterocycles. The smallest absolute Gasteiger partial charge is 0.408 e. The van der Waals surface area contributed by atoms with Crippen molar-refractivity contribution in [2.24, 2.45) is 0 Å². The van der Waals surface area contributed by atoms with Gasteiger partial charge < -0.3 is 20.3 Å². The Kier molecular flexibility index (Phi) is 2.36. The summed E-state index contributed by atoms with van der Waals surface area (Å²) in [7, 11) is 0. The normalized spacial score (nSPS) is 26.3.